The number of carbonyl (C=O) groups excluding carboxylic acids is 1. The summed E-state index contributed by atoms with van der Waals surface area (Å²) in [5.74, 6) is -0.241. The third-order valence-electron chi connectivity index (χ3n) is 4.17. The molecule has 110 valence electrons. The topological polar surface area (TPSA) is 92.1 Å². The van der Waals surface area contributed by atoms with E-state index < -0.39 is 6.10 Å². The van der Waals surface area contributed by atoms with Gasteiger partial charge in [-0.3, -0.25) is 4.79 Å². The van der Waals surface area contributed by atoms with E-state index in [0.29, 0.717) is 11.7 Å². The molecule has 7 nitrogen and oxygen atoms in total. The van der Waals surface area contributed by atoms with Crippen LogP contribution in [0.25, 0.3) is 0 Å². The molecule has 2 fully saturated rings. The highest BCUT2D eigenvalue weighted by Crippen LogP contribution is 2.18. The highest BCUT2D eigenvalue weighted by molar-refractivity contribution is 5.92. The van der Waals surface area contributed by atoms with Crippen LogP contribution in [0.5, 0.6) is 0 Å². The first-order valence-electron chi connectivity index (χ1n) is 7.35. The first-order valence-corrected chi connectivity index (χ1v) is 7.35. The molecule has 2 aliphatic rings. The molecular weight excluding hydrogens is 258 g/mol. The molecule has 7 heteroatoms. The van der Waals surface area contributed by atoms with Crippen molar-refractivity contribution in [1.29, 1.82) is 0 Å². The lowest BCUT2D eigenvalue weighted by Gasteiger charge is -2.26. The molecule has 1 aliphatic carbocycles. The molecule has 3 N–H and O–H groups in total. The van der Waals surface area contributed by atoms with Gasteiger partial charge in [-0.1, -0.05) is 24.5 Å². The summed E-state index contributed by atoms with van der Waals surface area (Å²) in [7, 11) is 0. The van der Waals surface area contributed by atoms with Gasteiger partial charge in [-0.2, -0.15) is 0 Å². The second kappa shape index (κ2) is 5.88. The lowest BCUT2D eigenvalue weighted by atomic mass is 10.1. The van der Waals surface area contributed by atoms with E-state index in [-0.39, 0.29) is 11.9 Å². The second-order valence-corrected chi connectivity index (χ2v) is 5.68. The molecule has 1 saturated heterocycles. The van der Waals surface area contributed by atoms with Crippen LogP contribution in [0.2, 0.25) is 0 Å². The quantitative estimate of drug-likeness (QED) is 0.669. The first-order chi connectivity index (χ1) is 9.74. The number of carbonyl (C=O) groups is 1. The van der Waals surface area contributed by atoms with Crippen molar-refractivity contribution in [3.05, 3.63) is 11.9 Å². The number of rotatable bonds is 3. The Labute approximate surface area is 117 Å². The Balaban J connectivity index is 1.61. The predicted molar refractivity (Wildman–Crippen MR) is 72.3 cm³/mol. The Morgan fingerprint density at radius 1 is 1.35 bits per heavy atom. The summed E-state index contributed by atoms with van der Waals surface area (Å²) >= 11 is 0. The van der Waals surface area contributed by atoms with Gasteiger partial charge >= 0.3 is 0 Å². The number of aliphatic hydroxyl groups is 1. The summed E-state index contributed by atoms with van der Waals surface area (Å²) in [4.78, 5) is 12.2. The lowest BCUT2D eigenvalue weighted by Crippen LogP contribution is -2.44. The summed E-state index contributed by atoms with van der Waals surface area (Å²) in [5, 5.41) is 24.0. The number of nitrogens with one attached hydrogen (secondary N) is 2. The van der Waals surface area contributed by atoms with Gasteiger partial charge in [0.1, 0.15) is 0 Å². The summed E-state index contributed by atoms with van der Waals surface area (Å²) in [5.41, 5.74) is 0.327. The lowest BCUT2D eigenvalue weighted by molar-refractivity contribution is 0.0814. The van der Waals surface area contributed by atoms with Crippen LogP contribution in [0.15, 0.2) is 6.20 Å². The average molecular weight is 279 g/mol. The zero-order valence-electron chi connectivity index (χ0n) is 11.5. The minimum absolute atomic E-state index is 0.166. The molecule has 1 aromatic heterocycles. The third-order valence-corrected chi connectivity index (χ3v) is 4.17. The van der Waals surface area contributed by atoms with E-state index in [0.717, 1.165) is 45.2 Å². The van der Waals surface area contributed by atoms with Crippen LogP contribution in [0, 0.1) is 0 Å². The number of nitrogens with zero attached hydrogens (tertiary/aromatic N) is 3. The van der Waals surface area contributed by atoms with Gasteiger partial charge in [0.25, 0.3) is 5.91 Å². The maximum Gasteiger partial charge on any atom is 0.273 e. The molecule has 1 aliphatic heterocycles. The molecule has 3 rings (SSSR count). The predicted octanol–water partition coefficient (Wildman–Crippen LogP) is -0.154. The Morgan fingerprint density at radius 2 is 2.15 bits per heavy atom. The van der Waals surface area contributed by atoms with Crippen LogP contribution in [-0.2, 0) is 0 Å². The van der Waals surface area contributed by atoms with E-state index in [2.05, 4.69) is 20.9 Å². The molecule has 0 bridgehead atoms. The molecule has 0 aromatic carbocycles. The Hall–Kier alpha value is -1.47. The molecule has 2 atom stereocenters. The van der Waals surface area contributed by atoms with E-state index in [4.69, 9.17) is 0 Å². The minimum atomic E-state index is -0.452. The highest BCUT2D eigenvalue weighted by atomic mass is 16.3. The van der Waals surface area contributed by atoms with Crippen LogP contribution < -0.4 is 10.6 Å². The van der Waals surface area contributed by atoms with Crippen molar-refractivity contribution in [3.63, 3.8) is 0 Å². The standard InChI is InChI=1S/C13H21N5O2/c19-12-5-3-1-2-4-10(12)15-13(20)11-8-18(17-16-11)9-6-14-7-9/h8-10,12,14,19H,1-7H2,(H,15,20). The van der Waals surface area contributed by atoms with Crippen LogP contribution >= 0.6 is 0 Å². The van der Waals surface area contributed by atoms with Crippen molar-refractivity contribution in [3.8, 4) is 0 Å². The Kier molecular flexibility index (Phi) is 3.98. The summed E-state index contributed by atoms with van der Waals surface area (Å²) in [6.07, 6.45) is 6.00. The summed E-state index contributed by atoms with van der Waals surface area (Å²) in [6, 6.07) is 0.132. The third kappa shape index (κ3) is 2.83. The van der Waals surface area contributed by atoms with Gasteiger partial charge in [-0.05, 0) is 12.8 Å². The van der Waals surface area contributed by atoms with Crippen molar-refractivity contribution in [2.45, 2.75) is 50.3 Å². The van der Waals surface area contributed by atoms with Crippen LogP contribution in [-0.4, -0.2) is 51.2 Å². The average Bonchev–Trinajstić information content (AvgIpc) is 2.75. The normalized spacial score (nSPS) is 27.6. The molecule has 1 saturated carbocycles. The number of hydrogen-bond donors (Lipinski definition) is 3. The Morgan fingerprint density at radius 3 is 2.90 bits per heavy atom. The number of aliphatic hydroxyl groups excluding tert-OH is 1. The SMILES string of the molecule is O=C(NC1CCCCCC1O)c1cn(C2CNC2)nn1. The number of aromatic nitrogens is 3. The largest absolute Gasteiger partial charge is 0.391 e. The van der Waals surface area contributed by atoms with Gasteiger partial charge in [0.15, 0.2) is 5.69 Å². The van der Waals surface area contributed by atoms with E-state index in [1.165, 1.54) is 0 Å². The monoisotopic (exact) mass is 279 g/mol. The van der Waals surface area contributed by atoms with Crippen LogP contribution in [0.4, 0.5) is 0 Å². The maximum absolute atomic E-state index is 12.2. The van der Waals surface area contributed by atoms with Gasteiger partial charge < -0.3 is 15.7 Å². The van der Waals surface area contributed by atoms with E-state index >= 15 is 0 Å². The number of amides is 1. The second-order valence-electron chi connectivity index (χ2n) is 5.68. The van der Waals surface area contributed by atoms with Crippen LogP contribution in [0.1, 0.15) is 48.6 Å². The van der Waals surface area contributed by atoms with Crippen molar-refractivity contribution in [1.82, 2.24) is 25.6 Å². The van der Waals surface area contributed by atoms with Gasteiger partial charge in [-0.25, -0.2) is 4.68 Å². The fraction of sp³-hybridized carbons (Fsp3) is 0.769. The summed E-state index contributed by atoms with van der Waals surface area (Å²) < 4.78 is 1.73. The molecule has 20 heavy (non-hydrogen) atoms. The van der Waals surface area contributed by atoms with Crippen LogP contribution in [0.3, 0.4) is 0 Å². The minimum Gasteiger partial charge on any atom is -0.391 e. The van der Waals surface area contributed by atoms with Crippen molar-refractivity contribution >= 4 is 5.91 Å². The van der Waals surface area contributed by atoms with Gasteiger partial charge in [0.2, 0.25) is 0 Å². The van der Waals surface area contributed by atoms with E-state index in [1.807, 2.05) is 0 Å². The fourth-order valence-electron chi connectivity index (χ4n) is 2.72. The zero-order valence-corrected chi connectivity index (χ0v) is 11.5. The van der Waals surface area contributed by atoms with E-state index in [1.54, 1.807) is 10.9 Å². The highest BCUT2D eigenvalue weighted by Gasteiger charge is 2.26. The van der Waals surface area contributed by atoms with Gasteiger partial charge in [0.05, 0.1) is 24.4 Å². The van der Waals surface area contributed by atoms with Gasteiger partial charge in [0, 0.05) is 13.1 Å². The van der Waals surface area contributed by atoms with E-state index in [9.17, 15) is 9.90 Å². The molecule has 1 amide bonds. The Bertz CT molecular complexity index is 471. The molecule has 0 spiro atoms. The van der Waals surface area contributed by atoms with Crippen molar-refractivity contribution < 1.29 is 9.90 Å². The molecule has 2 unspecified atom stereocenters. The fourth-order valence-corrected chi connectivity index (χ4v) is 2.72. The smallest absolute Gasteiger partial charge is 0.273 e. The molecule has 2 heterocycles. The van der Waals surface area contributed by atoms with Crippen molar-refractivity contribution in [2.75, 3.05) is 13.1 Å². The van der Waals surface area contributed by atoms with Crippen molar-refractivity contribution in [2.24, 2.45) is 0 Å². The first kappa shape index (κ1) is 13.5. The zero-order chi connectivity index (χ0) is 13.9. The van der Waals surface area contributed by atoms with Gasteiger partial charge in [-0.15, -0.1) is 5.10 Å². The molecule has 0 radical (unpaired) electrons. The molecular formula is C13H21N5O2. The maximum atomic E-state index is 12.2. The molecule has 1 aromatic rings. The number of hydrogen-bond acceptors (Lipinski definition) is 5. The summed E-state index contributed by atoms with van der Waals surface area (Å²) in [6.45, 7) is 1.73.